The second-order valence-electron chi connectivity index (χ2n) is 5.12. The fraction of sp³-hybridized carbons (Fsp3) is 0.250. The van der Waals surface area contributed by atoms with E-state index < -0.39 is 5.91 Å². The van der Waals surface area contributed by atoms with Crippen LogP contribution < -0.4 is 10.3 Å². The molecule has 2 N–H and O–H groups in total. The highest BCUT2D eigenvalue weighted by atomic mass is 79.9. The number of carbonyl (C=O) groups is 1. The van der Waals surface area contributed by atoms with E-state index in [2.05, 4.69) is 31.4 Å². The number of nitrogens with zero attached hydrogens (tertiary/aromatic N) is 2. The summed E-state index contributed by atoms with van der Waals surface area (Å²) >= 11 is 3.46. The first-order chi connectivity index (χ1) is 11.6. The molecule has 126 valence electrons. The number of phenols is 1. The molecule has 3 rings (SSSR count). The van der Waals surface area contributed by atoms with Crippen molar-refractivity contribution in [2.45, 2.75) is 0 Å². The van der Waals surface area contributed by atoms with Gasteiger partial charge in [-0.3, -0.25) is 4.79 Å². The van der Waals surface area contributed by atoms with E-state index in [1.54, 1.807) is 18.2 Å². The third-order valence-electron chi connectivity index (χ3n) is 3.49. The van der Waals surface area contributed by atoms with Gasteiger partial charge in [-0.25, -0.2) is 5.43 Å². The number of furan rings is 1. The van der Waals surface area contributed by atoms with Crippen molar-refractivity contribution in [2.24, 2.45) is 5.10 Å². The van der Waals surface area contributed by atoms with Crippen LogP contribution in [-0.4, -0.2) is 43.5 Å². The Morgan fingerprint density at radius 1 is 1.33 bits per heavy atom. The van der Waals surface area contributed by atoms with E-state index in [-0.39, 0.29) is 11.3 Å². The van der Waals surface area contributed by atoms with Crippen LogP contribution in [0.4, 0.5) is 5.88 Å². The zero-order chi connectivity index (χ0) is 16.9. The average Bonchev–Trinajstić information content (AvgIpc) is 2.96. The highest BCUT2D eigenvalue weighted by molar-refractivity contribution is 9.10. The number of hydrazone groups is 1. The maximum absolute atomic E-state index is 11.9. The molecule has 0 unspecified atom stereocenters. The van der Waals surface area contributed by atoms with Gasteiger partial charge in [-0.2, -0.15) is 5.10 Å². The Hall–Kier alpha value is -2.32. The van der Waals surface area contributed by atoms with Crippen LogP contribution in [0, 0.1) is 0 Å². The van der Waals surface area contributed by atoms with Crippen LogP contribution in [0.15, 0.2) is 44.3 Å². The van der Waals surface area contributed by atoms with Crippen LogP contribution in [0.25, 0.3) is 0 Å². The van der Waals surface area contributed by atoms with Crippen molar-refractivity contribution in [3.05, 3.63) is 46.1 Å². The summed E-state index contributed by atoms with van der Waals surface area (Å²) in [6.07, 6.45) is 1.41. The lowest BCUT2D eigenvalue weighted by Crippen LogP contribution is -2.36. The molecule has 0 spiro atoms. The van der Waals surface area contributed by atoms with Crippen molar-refractivity contribution < 1.29 is 19.1 Å². The predicted molar refractivity (Wildman–Crippen MR) is 92.6 cm³/mol. The van der Waals surface area contributed by atoms with Gasteiger partial charge >= 0.3 is 0 Å². The molecule has 1 fully saturated rings. The number of halogens is 1. The molecule has 0 radical (unpaired) electrons. The molecule has 1 amide bonds. The van der Waals surface area contributed by atoms with Gasteiger partial charge in [0.1, 0.15) is 5.75 Å². The van der Waals surface area contributed by atoms with E-state index >= 15 is 0 Å². The molecule has 1 saturated heterocycles. The average molecular weight is 394 g/mol. The Morgan fingerprint density at radius 3 is 2.83 bits per heavy atom. The molecule has 24 heavy (non-hydrogen) atoms. The van der Waals surface area contributed by atoms with E-state index in [9.17, 15) is 9.90 Å². The molecule has 8 heteroatoms. The van der Waals surface area contributed by atoms with Crippen molar-refractivity contribution in [3.63, 3.8) is 0 Å². The van der Waals surface area contributed by atoms with Gasteiger partial charge in [0.15, 0.2) is 5.76 Å². The molecule has 0 aliphatic carbocycles. The van der Waals surface area contributed by atoms with Gasteiger partial charge in [-0.15, -0.1) is 0 Å². The zero-order valence-corrected chi connectivity index (χ0v) is 14.3. The summed E-state index contributed by atoms with van der Waals surface area (Å²) < 4.78 is 11.9. The van der Waals surface area contributed by atoms with E-state index in [4.69, 9.17) is 9.15 Å². The van der Waals surface area contributed by atoms with Crippen LogP contribution in [0.3, 0.4) is 0 Å². The molecule has 1 aliphatic heterocycles. The molecular weight excluding hydrogens is 378 g/mol. The number of nitrogens with one attached hydrogen (secondary N) is 1. The molecular formula is C16H16BrN3O4. The summed E-state index contributed by atoms with van der Waals surface area (Å²) in [5, 5.41) is 13.5. The highest BCUT2D eigenvalue weighted by Crippen LogP contribution is 2.30. The molecule has 0 atom stereocenters. The Labute approximate surface area is 147 Å². The maximum Gasteiger partial charge on any atom is 0.275 e. The van der Waals surface area contributed by atoms with Gasteiger partial charge in [0.05, 0.1) is 29.5 Å². The third kappa shape index (κ3) is 3.77. The highest BCUT2D eigenvalue weighted by Gasteiger charge is 2.18. The Kier molecular flexibility index (Phi) is 5.17. The maximum atomic E-state index is 11.9. The van der Waals surface area contributed by atoms with Crippen LogP contribution in [0.2, 0.25) is 0 Å². The second-order valence-corrected chi connectivity index (χ2v) is 5.97. The monoisotopic (exact) mass is 393 g/mol. The summed E-state index contributed by atoms with van der Waals surface area (Å²) in [5.74, 6) is 0.622. The number of ether oxygens (including phenoxy) is 1. The number of anilines is 1. The molecule has 1 aromatic heterocycles. The standard InChI is InChI=1S/C16H16BrN3O4/c17-13-9-11(24-16(13)20-5-7-23-8-6-20)10-18-19-15(22)12-3-1-2-4-14(12)21/h1-4,9-10,21H,5-8H2,(H,19,22)/b18-10+. The molecule has 1 aliphatic rings. The smallest absolute Gasteiger partial charge is 0.275 e. The SMILES string of the molecule is O=C(N/N=C/c1cc(Br)c(N2CCOCC2)o1)c1ccccc1O. The minimum absolute atomic E-state index is 0.0967. The van der Waals surface area contributed by atoms with Gasteiger partial charge in [0, 0.05) is 19.2 Å². The van der Waals surface area contributed by atoms with Crippen molar-refractivity contribution in [3.8, 4) is 5.75 Å². The van der Waals surface area contributed by atoms with Gasteiger partial charge < -0.3 is 19.2 Å². The first-order valence-corrected chi connectivity index (χ1v) is 8.18. The Balaban J connectivity index is 1.65. The van der Waals surface area contributed by atoms with E-state index in [1.165, 1.54) is 18.3 Å². The number of rotatable bonds is 4. The largest absolute Gasteiger partial charge is 0.507 e. The number of hydrogen-bond acceptors (Lipinski definition) is 6. The number of aromatic hydroxyl groups is 1. The van der Waals surface area contributed by atoms with E-state index in [1.807, 2.05) is 0 Å². The number of amides is 1. The summed E-state index contributed by atoms with van der Waals surface area (Å²) in [7, 11) is 0. The van der Waals surface area contributed by atoms with Gasteiger partial charge in [-0.1, -0.05) is 12.1 Å². The Morgan fingerprint density at radius 2 is 2.08 bits per heavy atom. The van der Waals surface area contributed by atoms with Gasteiger partial charge in [-0.05, 0) is 28.1 Å². The van der Waals surface area contributed by atoms with E-state index in [0.29, 0.717) is 24.9 Å². The van der Waals surface area contributed by atoms with Crippen molar-refractivity contribution >= 4 is 33.9 Å². The third-order valence-corrected chi connectivity index (χ3v) is 4.06. The number of carbonyl (C=O) groups excluding carboxylic acids is 1. The molecule has 0 saturated carbocycles. The second kappa shape index (κ2) is 7.50. The first kappa shape index (κ1) is 16.5. The molecule has 1 aromatic carbocycles. The summed E-state index contributed by atoms with van der Waals surface area (Å²) in [4.78, 5) is 14.0. The molecule has 0 bridgehead atoms. The summed E-state index contributed by atoms with van der Waals surface area (Å²) in [6, 6.07) is 8.04. The number of phenolic OH excluding ortho intramolecular Hbond substituents is 1. The quantitative estimate of drug-likeness (QED) is 0.614. The van der Waals surface area contributed by atoms with Crippen LogP contribution >= 0.6 is 15.9 Å². The molecule has 2 heterocycles. The number of morpholine rings is 1. The minimum atomic E-state index is -0.497. The number of para-hydroxylation sites is 1. The van der Waals surface area contributed by atoms with Crippen molar-refractivity contribution in [1.82, 2.24) is 5.43 Å². The number of hydrogen-bond donors (Lipinski definition) is 2. The topological polar surface area (TPSA) is 87.3 Å². The van der Waals surface area contributed by atoms with Gasteiger partial charge in [0.25, 0.3) is 5.91 Å². The normalized spacial score (nSPS) is 15.0. The molecule has 7 nitrogen and oxygen atoms in total. The predicted octanol–water partition coefficient (Wildman–Crippen LogP) is 2.35. The van der Waals surface area contributed by atoms with Crippen LogP contribution in [-0.2, 0) is 4.74 Å². The van der Waals surface area contributed by atoms with Gasteiger partial charge in [0.2, 0.25) is 5.88 Å². The van der Waals surface area contributed by atoms with Crippen LogP contribution in [0.5, 0.6) is 5.75 Å². The first-order valence-electron chi connectivity index (χ1n) is 7.38. The summed E-state index contributed by atoms with van der Waals surface area (Å²) in [5.41, 5.74) is 2.51. The lowest BCUT2D eigenvalue weighted by Gasteiger charge is -2.26. The minimum Gasteiger partial charge on any atom is -0.507 e. The Bertz CT molecular complexity index is 754. The number of benzene rings is 1. The fourth-order valence-corrected chi connectivity index (χ4v) is 2.86. The molecule has 2 aromatic rings. The lowest BCUT2D eigenvalue weighted by atomic mass is 10.2. The summed E-state index contributed by atoms with van der Waals surface area (Å²) in [6.45, 7) is 2.83. The van der Waals surface area contributed by atoms with Crippen molar-refractivity contribution in [2.75, 3.05) is 31.2 Å². The van der Waals surface area contributed by atoms with Crippen molar-refractivity contribution in [1.29, 1.82) is 0 Å². The van der Waals surface area contributed by atoms with Crippen LogP contribution in [0.1, 0.15) is 16.1 Å². The van der Waals surface area contributed by atoms with E-state index in [0.717, 1.165) is 17.6 Å². The lowest BCUT2D eigenvalue weighted by molar-refractivity contribution is 0.0952. The zero-order valence-electron chi connectivity index (χ0n) is 12.7. The fourth-order valence-electron chi connectivity index (χ4n) is 2.30.